The number of phenolic OH excluding ortho intramolecular Hbond substituents is 2. The Kier molecular flexibility index (Phi) is 11.4. The van der Waals surface area contributed by atoms with Gasteiger partial charge in [-0.15, -0.1) is 0 Å². The van der Waals surface area contributed by atoms with Crippen molar-refractivity contribution in [2.75, 3.05) is 38.2 Å². The minimum atomic E-state index is -5.56. The number of aromatic hydroxyl groups is 2. The van der Waals surface area contributed by atoms with Gasteiger partial charge in [-0.1, -0.05) is 31.5 Å². The summed E-state index contributed by atoms with van der Waals surface area (Å²) in [4.78, 5) is 2.23. The predicted octanol–water partition coefficient (Wildman–Crippen LogP) is 7.14. The molecule has 1 unspecified atom stereocenters. The molecule has 0 aromatic heterocycles. The number of rotatable bonds is 15. The topological polar surface area (TPSA) is 70.0 Å². The fraction of sp³-hybridized carbons (Fsp3) is 0.600. The van der Waals surface area contributed by atoms with Crippen LogP contribution in [0.1, 0.15) is 68.9 Å². The highest BCUT2D eigenvalue weighted by atomic mass is 32.2. The lowest BCUT2D eigenvalue weighted by molar-refractivity contribution is -0.284. The van der Waals surface area contributed by atoms with Crippen LogP contribution in [0.4, 0.5) is 22.0 Å². The summed E-state index contributed by atoms with van der Waals surface area (Å²) in [7, 11) is 0.634. The highest BCUT2D eigenvalue weighted by Crippen LogP contribution is 2.49. The molecule has 0 saturated carbocycles. The Labute approximate surface area is 241 Å². The minimum Gasteiger partial charge on any atom is -0.508 e. The first kappa shape index (κ1) is 33.1. The molecule has 230 valence electrons. The lowest BCUT2D eigenvalue weighted by Crippen LogP contribution is -2.40. The number of nitrogens with zero attached hydrogens (tertiary/aromatic N) is 1. The molecule has 11 heteroatoms. The zero-order valence-corrected chi connectivity index (χ0v) is 24.4. The lowest BCUT2D eigenvalue weighted by Gasteiger charge is -2.43. The molecule has 3 atom stereocenters. The van der Waals surface area contributed by atoms with Crippen LogP contribution in [0.3, 0.4) is 0 Å². The molecule has 1 aliphatic heterocycles. The Morgan fingerprint density at radius 1 is 0.927 bits per heavy atom. The van der Waals surface area contributed by atoms with Crippen molar-refractivity contribution in [2.45, 2.75) is 75.3 Å². The molecule has 41 heavy (non-hydrogen) atoms. The molecule has 0 aliphatic carbocycles. The monoisotopic (exact) mass is 605 g/mol. The largest absolute Gasteiger partial charge is 0.508 e. The second kappa shape index (κ2) is 14.2. The number of benzene rings is 2. The maximum atomic E-state index is 13.0. The van der Waals surface area contributed by atoms with Crippen molar-refractivity contribution in [3.8, 4) is 17.2 Å². The van der Waals surface area contributed by atoms with Gasteiger partial charge in [0.1, 0.15) is 17.2 Å². The molecule has 0 radical (unpaired) electrons. The van der Waals surface area contributed by atoms with Crippen LogP contribution >= 0.6 is 0 Å². The number of alkyl halides is 5. The maximum absolute atomic E-state index is 13.0. The molecule has 0 spiro atoms. The molecule has 2 N–H and O–H groups in total. The third-order valence-electron chi connectivity index (χ3n) is 7.92. The van der Waals surface area contributed by atoms with E-state index in [9.17, 15) is 36.4 Å². The van der Waals surface area contributed by atoms with E-state index >= 15 is 0 Å². The molecular formula is C30H40F5NO4S. The molecule has 2 aromatic carbocycles. The summed E-state index contributed by atoms with van der Waals surface area (Å²) in [6.07, 6.45) is -3.22. The van der Waals surface area contributed by atoms with Crippen LogP contribution in [-0.4, -0.2) is 69.7 Å². The van der Waals surface area contributed by atoms with Gasteiger partial charge >= 0.3 is 12.1 Å². The Morgan fingerprint density at radius 2 is 1.56 bits per heavy atom. The van der Waals surface area contributed by atoms with Crippen molar-refractivity contribution in [1.29, 1.82) is 0 Å². The number of hydrogen-bond donors (Lipinski definition) is 2. The van der Waals surface area contributed by atoms with Crippen molar-refractivity contribution in [3.05, 3.63) is 53.6 Å². The average molecular weight is 606 g/mol. The summed E-state index contributed by atoms with van der Waals surface area (Å²) in [5, 5.41) is 19.7. The third kappa shape index (κ3) is 9.04. The van der Waals surface area contributed by atoms with E-state index in [1.54, 1.807) is 24.3 Å². The summed E-state index contributed by atoms with van der Waals surface area (Å²) in [6, 6.07) is 12.5. The Morgan fingerprint density at radius 3 is 2.24 bits per heavy atom. The zero-order valence-electron chi connectivity index (χ0n) is 23.6. The molecule has 0 amide bonds. The zero-order chi connectivity index (χ0) is 30.3. The molecule has 1 heterocycles. The molecule has 5 nitrogen and oxygen atoms in total. The summed E-state index contributed by atoms with van der Waals surface area (Å²) in [5.74, 6) is -3.40. The van der Waals surface area contributed by atoms with Crippen LogP contribution in [0.2, 0.25) is 0 Å². The quantitative estimate of drug-likeness (QED) is 0.167. The van der Waals surface area contributed by atoms with Crippen LogP contribution in [0.25, 0.3) is 0 Å². The number of halogens is 5. The van der Waals surface area contributed by atoms with Gasteiger partial charge in [-0.05, 0) is 81.6 Å². The van der Waals surface area contributed by atoms with Crippen LogP contribution in [0, 0.1) is 0 Å². The van der Waals surface area contributed by atoms with E-state index in [0.29, 0.717) is 24.5 Å². The van der Waals surface area contributed by atoms with Crippen molar-refractivity contribution in [3.63, 3.8) is 0 Å². The summed E-state index contributed by atoms with van der Waals surface area (Å²) >= 11 is 0. The Hall–Kier alpha value is -2.40. The van der Waals surface area contributed by atoms with Gasteiger partial charge in [0.25, 0.3) is 0 Å². The van der Waals surface area contributed by atoms with Gasteiger partial charge in [-0.3, -0.25) is 4.21 Å². The molecule has 0 fully saturated rings. The summed E-state index contributed by atoms with van der Waals surface area (Å²) in [6.45, 7) is 4.30. The van der Waals surface area contributed by atoms with Gasteiger partial charge in [0.15, 0.2) is 0 Å². The van der Waals surface area contributed by atoms with E-state index in [-0.39, 0.29) is 28.6 Å². The van der Waals surface area contributed by atoms with E-state index in [1.165, 1.54) is 0 Å². The van der Waals surface area contributed by atoms with Crippen molar-refractivity contribution in [1.82, 2.24) is 4.90 Å². The van der Waals surface area contributed by atoms with Crippen LogP contribution in [0.15, 0.2) is 42.5 Å². The van der Waals surface area contributed by atoms with Gasteiger partial charge in [0.2, 0.25) is 0 Å². The molecule has 0 bridgehead atoms. The third-order valence-corrected chi connectivity index (χ3v) is 9.41. The number of fused-ring (bicyclic) bond motifs is 1. The second-order valence-corrected chi connectivity index (χ2v) is 12.9. The van der Waals surface area contributed by atoms with E-state index in [4.69, 9.17) is 4.74 Å². The molecule has 0 saturated heterocycles. The normalized spacial score (nSPS) is 20.0. The van der Waals surface area contributed by atoms with Crippen molar-refractivity contribution in [2.24, 2.45) is 0 Å². The first-order valence-corrected chi connectivity index (χ1v) is 15.4. The van der Waals surface area contributed by atoms with Gasteiger partial charge in [0, 0.05) is 46.1 Å². The summed E-state index contributed by atoms with van der Waals surface area (Å²) in [5.41, 5.74) is 1.79. The molecular weight excluding hydrogens is 565 g/mol. The SMILES string of the molecule is CN(CCCCCS(=O)CCCC(F)(F)C(F)(F)F)CCC[C@@H]1c2ccc(O)cc2OC[C@]1(C)c1ccc(O)cc1. The van der Waals surface area contributed by atoms with Crippen molar-refractivity contribution < 1.29 is 41.1 Å². The highest BCUT2D eigenvalue weighted by Gasteiger charge is 2.56. The fourth-order valence-electron chi connectivity index (χ4n) is 5.41. The van der Waals surface area contributed by atoms with E-state index in [1.807, 2.05) is 25.2 Å². The van der Waals surface area contributed by atoms with E-state index in [0.717, 1.165) is 49.9 Å². The summed E-state index contributed by atoms with van der Waals surface area (Å²) < 4.78 is 80.6. The van der Waals surface area contributed by atoms with Crippen LogP contribution in [-0.2, 0) is 16.2 Å². The molecule has 1 aliphatic rings. The average Bonchev–Trinajstić information content (AvgIpc) is 2.89. The van der Waals surface area contributed by atoms with Gasteiger partial charge in [-0.2, -0.15) is 22.0 Å². The Balaban J connectivity index is 1.42. The van der Waals surface area contributed by atoms with Gasteiger partial charge < -0.3 is 19.8 Å². The minimum absolute atomic E-state index is 0.135. The van der Waals surface area contributed by atoms with E-state index < -0.39 is 35.7 Å². The molecule has 3 rings (SSSR count). The van der Waals surface area contributed by atoms with Crippen molar-refractivity contribution >= 4 is 10.8 Å². The predicted molar refractivity (Wildman–Crippen MR) is 150 cm³/mol. The van der Waals surface area contributed by atoms with Gasteiger partial charge in [0.05, 0.1) is 6.61 Å². The molecule has 2 aromatic rings. The highest BCUT2D eigenvalue weighted by molar-refractivity contribution is 7.84. The fourth-order valence-corrected chi connectivity index (χ4v) is 6.60. The number of ether oxygens (including phenoxy) is 1. The van der Waals surface area contributed by atoms with Crippen LogP contribution < -0.4 is 4.74 Å². The Bertz CT molecular complexity index is 1140. The van der Waals surface area contributed by atoms with Crippen LogP contribution in [0.5, 0.6) is 17.2 Å². The standard InChI is InChI=1S/C30H40F5NO4S/c1-28(22-9-11-23(37)12-10-22)21-40-27-20-24(38)13-14-25(27)26(28)8-6-17-36(2)16-4-3-5-18-41(39)19-7-15-29(31,32)30(33,34)35/h9-14,20,26,37-38H,3-8,15-19,21H2,1-2H3/t26-,28-,41?/m1/s1. The van der Waals surface area contributed by atoms with E-state index in [2.05, 4.69) is 11.8 Å². The smallest absolute Gasteiger partial charge is 0.453 e. The lowest BCUT2D eigenvalue weighted by atomic mass is 9.66. The number of hydrogen-bond acceptors (Lipinski definition) is 5. The first-order valence-electron chi connectivity index (χ1n) is 14.0. The first-order chi connectivity index (χ1) is 19.2. The number of unbranched alkanes of at least 4 members (excludes halogenated alkanes) is 2. The number of phenols is 2. The van der Waals surface area contributed by atoms with Gasteiger partial charge in [-0.25, -0.2) is 0 Å². The maximum Gasteiger partial charge on any atom is 0.453 e. The second-order valence-electron chi connectivity index (χ2n) is 11.2.